The van der Waals surface area contributed by atoms with Gasteiger partial charge in [-0.2, -0.15) is 5.10 Å². The molecule has 0 radical (unpaired) electrons. The fourth-order valence-electron chi connectivity index (χ4n) is 3.60. The molecule has 4 heterocycles. The van der Waals surface area contributed by atoms with Crippen molar-refractivity contribution in [3.05, 3.63) is 77.2 Å². The summed E-state index contributed by atoms with van der Waals surface area (Å²) in [6, 6.07) is 7.80. The summed E-state index contributed by atoms with van der Waals surface area (Å²) in [6.07, 6.45) is 9.68. The molecule has 0 spiro atoms. The molecule has 0 aliphatic carbocycles. The first-order chi connectivity index (χ1) is 14.3. The second-order valence-corrected chi connectivity index (χ2v) is 7.47. The third-order valence-corrected chi connectivity index (χ3v) is 5.33. The van der Waals surface area contributed by atoms with Gasteiger partial charge in [0.15, 0.2) is 5.82 Å². The van der Waals surface area contributed by atoms with Crippen LogP contribution in [-0.2, 0) is 19.5 Å². The van der Waals surface area contributed by atoms with Crippen LogP contribution in [-0.4, -0.2) is 41.6 Å². The first-order valence-electron chi connectivity index (χ1n) is 9.37. The molecule has 0 amide bonds. The standard InChI is InChI=1S/C21H18ClN7/c22-18-3-1-14(2-4-18)20-17(10-26-28-20)12-29-6-5-19-16(11-29)9-25-21(27-19)15-7-23-13-24-8-15/h1-4,7-10,13H,5-6,11-12H2,(H,26,28). The Balaban J connectivity index is 1.34. The van der Waals surface area contributed by atoms with Crippen LogP contribution in [0.3, 0.4) is 0 Å². The number of fused-ring (bicyclic) bond motifs is 1. The predicted octanol–water partition coefficient (Wildman–Crippen LogP) is 3.54. The maximum atomic E-state index is 6.01. The Morgan fingerprint density at radius 3 is 2.66 bits per heavy atom. The molecule has 7 nitrogen and oxygen atoms in total. The summed E-state index contributed by atoms with van der Waals surface area (Å²) in [4.78, 5) is 19.7. The number of aromatic amines is 1. The molecule has 0 bridgehead atoms. The van der Waals surface area contributed by atoms with Gasteiger partial charge in [-0.25, -0.2) is 19.9 Å². The number of H-pyrrole nitrogens is 1. The molecule has 0 saturated heterocycles. The van der Waals surface area contributed by atoms with Crippen molar-refractivity contribution < 1.29 is 0 Å². The lowest BCUT2D eigenvalue weighted by molar-refractivity contribution is 0.243. The highest BCUT2D eigenvalue weighted by atomic mass is 35.5. The number of rotatable bonds is 4. The number of hydrogen-bond acceptors (Lipinski definition) is 6. The maximum Gasteiger partial charge on any atom is 0.162 e. The van der Waals surface area contributed by atoms with Crippen molar-refractivity contribution in [2.24, 2.45) is 0 Å². The minimum atomic E-state index is 0.678. The van der Waals surface area contributed by atoms with Gasteiger partial charge in [0, 0.05) is 60.8 Å². The van der Waals surface area contributed by atoms with E-state index >= 15 is 0 Å². The van der Waals surface area contributed by atoms with Gasteiger partial charge >= 0.3 is 0 Å². The molecule has 0 saturated carbocycles. The smallest absolute Gasteiger partial charge is 0.162 e. The zero-order valence-electron chi connectivity index (χ0n) is 15.6. The van der Waals surface area contributed by atoms with Gasteiger partial charge in [-0.15, -0.1) is 0 Å². The van der Waals surface area contributed by atoms with Crippen LogP contribution in [0.2, 0.25) is 5.02 Å². The van der Waals surface area contributed by atoms with E-state index in [1.807, 2.05) is 36.7 Å². The molecule has 0 unspecified atom stereocenters. The van der Waals surface area contributed by atoms with Gasteiger partial charge in [-0.3, -0.25) is 10.00 Å². The van der Waals surface area contributed by atoms with E-state index in [2.05, 4.69) is 30.0 Å². The molecule has 29 heavy (non-hydrogen) atoms. The van der Waals surface area contributed by atoms with Crippen LogP contribution >= 0.6 is 11.6 Å². The molecule has 1 aliphatic heterocycles. The number of nitrogens with zero attached hydrogens (tertiary/aromatic N) is 6. The van der Waals surface area contributed by atoms with E-state index in [9.17, 15) is 0 Å². The van der Waals surface area contributed by atoms with Crippen molar-refractivity contribution in [1.82, 2.24) is 35.0 Å². The summed E-state index contributed by atoms with van der Waals surface area (Å²) < 4.78 is 0. The van der Waals surface area contributed by atoms with Gasteiger partial charge in [0.25, 0.3) is 0 Å². The molecule has 0 atom stereocenters. The molecule has 8 heteroatoms. The number of nitrogens with one attached hydrogen (secondary N) is 1. The van der Waals surface area contributed by atoms with Crippen LogP contribution in [0.1, 0.15) is 16.8 Å². The molecule has 5 rings (SSSR count). The summed E-state index contributed by atoms with van der Waals surface area (Å²) in [5.41, 5.74) is 6.37. The van der Waals surface area contributed by atoms with Crippen molar-refractivity contribution in [1.29, 1.82) is 0 Å². The highest BCUT2D eigenvalue weighted by Gasteiger charge is 2.20. The molecule has 0 fully saturated rings. The fraction of sp³-hybridized carbons (Fsp3) is 0.190. The molecular weight excluding hydrogens is 386 g/mol. The Morgan fingerprint density at radius 1 is 1.00 bits per heavy atom. The number of hydrogen-bond donors (Lipinski definition) is 1. The third kappa shape index (κ3) is 3.74. The zero-order valence-corrected chi connectivity index (χ0v) is 16.3. The summed E-state index contributed by atoms with van der Waals surface area (Å²) in [7, 11) is 0. The molecule has 3 aromatic heterocycles. The summed E-state index contributed by atoms with van der Waals surface area (Å²) in [6.45, 7) is 2.55. The highest BCUT2D eigenvalue weighted by Crippen LogP contribution is 2.26. The maximum absolute atomic E-state index is 6.01. The van der Waals surface area contributed by atoms with E-state index in [-0.39, 0.29) is 0 Å². The van der Waals surface area contributed by atoms with E-state index < -0.39 is 0 Å². The van der Waals surface area contributed by atoms with Gasteiger partial charge in [-0.05, 0) is 17.7 Å². The van der Waals surface area contributed by atoms with E-state index in [0.29, 0.717) is 5.82 Å². The normalized spacial score (nSPS) is 14.0. The van der Waals surface area contributed by atoms with Crippen molar-refractivity contribution in [2.75, 3.05) is 6.54 Å². The second kappa shape index (κ2) is 7.69. The van der Waals surface area contributed by atoms with Crippen LogP contribution in [0.15, 0.2) is 55.4 Å². The Bertz CT molecular complexity index is 1130. The lowest BCUT2D eigenvalue weighted by Gasteiger charge is -2.28. The number of halogens is 1. The average Bonchev–Trinajstić information content (AvgIpc) is 3.22. The first-order valence-corrected chi connectivity index (χ1v) is 9.75. The highest BCUT2D eigenvalue weighted by molar-refractivity contribution is 6.30. The Labute approximate surface area is 172 Å². The molecule has 1 aliphatic rings. The van der Waals surface area contributed by atoms with Crippen LogP contribution in [0, 0.1) is 0 Å². The summed E-state index contributed by atoms with van der Waals surface area (Å²) >= 11 is 6.01. The van der Waals surface area contributed by atoms with Crippen LogP contribution < -0.4 is 0 Å². The molecule has 1 N–H and O–H groups in total. The minimum Gasteiger partial charge on any atom is -0.294 e. The SMILES string of the molecule is Clc1ccc(-c2[nH]ncc2CN2CCc3nc(-c4cncnc4)ncc3C2)cc1. The molecule has 1 aromatic carbocycles. The van der Waals surface area contributed by atoms with E-state index in [0.717, 1.165) is 64.7 Å². The zero-order chi connectivity index (χ0) is 19.6. The van der Waals surface area contributed by atoms with Gasteiger partial charge in [-0.1, -0.05) is 23.7 Å². The quantitative estimate of drug-likeness (QED) is 0.561. The topological polar surface area (TPSA) is 83.5 Å². The molecule has 4 aromatic rings. The van der Waals surface area contributed by atoms with Crippen LogP contribution in [0.25, 0.3) is 22.6 Å². The monoisotopic (exact) mass is 403 g/mol. The fourth-order valence-corrected chi connectivity index (χ4v) is 3.73. The van der Waals surface area contributed by atoms with Gasteiger partial charge in [0.05, 0.1) is 23.1 Å². The number of benzene rings is 1. The van der Waals surface area contributed by atoms with Crippen LogP contribution in [0.5, 0.6) is 0 Å². The van der Waals surface area contributed by atoms with Crippen molar-refractivity contribution in [3.63, 3.8) is 0 Å². The predicted molar refractivity (Wildman–Crippen MR) is 110 cm³/mol. The second-order valence-electron chi connectivity index (χ2n) is 7.03. The summed E-state index contributed by atoms with van der Waals surface area (Å²) in [5.74, 6) is 0.678. The molecular formula is C21H18ClN7. The number of aromatic nitrogens is 6. The largest absolute Gasteiger partial charge is 0.294 e. The Kier molecular flexibility index (Phi) is 4.75. The Hall–Kier alpha value is -3.16. The van der Waals surface area contributed by atoms with E-state index in [1.165, 1.54) is 6.33 Å². The third-order valence-electron chi connectivity index (χ3n) is 5.08. The average molecular weight is 404 g/mol. The van der Waals surface area contributed by atoms with Crippen molar-refractivity contribution in [3.8, 4) is 22.6 Å². The van der Waals surface area contributed by atoms with Crippen LogP contribution in [0.4, 0.5) is 0 Å². The van der Waals surface area contributed by atoms with Gasteiger partial charge in [0.1, 0.15) is 6.33 Å². The van der Waals surface area contributed by atoms with Crippen molar-refractivity contribution >= 4 is 11.6 Å². The lowest BCUT2D eigenvalue weighted by atomic mass is 10.0. The summed E-state index contributed by atoms with van der Waals surface area (Å²) in [5, 5.41) is 8.10. The van der Waals surface area contributed by atoms with E-state index in [1.54, 1.807) is 12.4 Å². The minimum absolute atomic E-state index is 0.678. The van der Waals surface area contributed by atoms with Crippen molar-refractivity contribution in [2.45, 2.75) is 19.5 Å². The first kappa shape index (κ1) is 17.9. The van der Waals surface area contributed by atoms with Gasteiger partial charge < -0.3 is 0 Å². The lowest BCUT2D eigenvalue weighted by Crippen LogP contribution is -2.31. The Morgan fingerprint density at radius 2 is 1.83 bits per heavy atom. The van der Waals surface area contributed by atoms with E-state index in [4.69, 9.17) is 16.6 Å². The van der Waals surface area contributed by atoms with Gasteiger partial charge in [0.2, 0.25) is 0 Å². The molecule has 144 valence electrons.